The molecule has 130 valence electrons. The van der Waals surface area contributed by atoms with Crippen LogP contribution in [0.4, 0.5) is 19.0 Å². The number of halogens is 3. The largest absolute Gasteiger partial charge is 0.354 e. The van der Waals surface area contributed by atoms with Crippen molar-refractivity contribution in [2.24, 2.45) is 5.73 Å². The van der Waals surface area contributed by atoms with E-state index in [-0.39, 0.29) is 11.5 Å². The summed E-state index contributed by atoms with van der Waals surface area (Å²) in [5, 5.41) is 12.1. The van der Waals surface area contributed by atoms with Crippen LogP contribution in [0.3, 0.4) is 0 Å². The molecular weight excluding hydrogens is 333 g/mol. The van der Waals surface area contributed by atoms with Crippen LogP contribution in [-0.4, -0.2) is 38.9 Å². The van der Waals surface area contributed by atoms with E-state index in [1.807, 2.05) is 11.0 Å². The molecule has 6 nitrogen and oxygen atoms in total. The Morgan fingerprint density at radius 2 is 1.88 bits per heavy atom. The van der Waals surface area contributed by atoms with Crippen molar-refractivity contribution in [2.75, 3.05) is 18.0 Å². The van der Waals surface area contributed by atoms with E-state index in [0.29, 0.717) is 37.0 Å². The summed E-state index contributed by atoms with van der Waals surface area (Å²) in [6, 6.07) is 4.65. The normalized spacial score (nSPS) is 21.0. The first-order chi connectivity index (χ1) is 12.0. The lowest BCUT2D eigenvalue weighted by Crippen LogP contribution is -2.48. The molecule has 0 aliphatic carbocycles. The van der Waals surface area contributed by atoms with E-state index in [0.717, 1.165) is 6.07 Å². The average molecular weight is 348 g/mol. The van der Waals surface area contributed by atoms with Crippen molar-refractivity contribution < 1.29 is 13.2 Å². The van der Waals surface area contributed by atoms with Crippen molar-refractivity contribution in [3.63, 3.8) is 0 Å². The number of hydrogen-bond donors (Lipinski definition) is 1. The van der Waals surface area contributed by atoms with Gasteiger partial charge in [0.15, 0.2) is 17.3 Å². The molecule has 2 aromatic heterocycles. The summed E-state index contributed by atoms with van der Waals surface area (Å²) in [5.74, 6) is -2.71. The summed E-state index contributed by atoms with van der Waals surface area (Å²) in [4.78, 5) is 1.97. The molecule has 0 spiro atoms. The zero-order valence-corrected chi connectivity index (χ0v) is 13.1. The fourth-order valence-electron chi connectivity index (χ4n) is 3.29. The summed E-state index contributed by atoms with van der Waals surface area (Å²) < 4.78 is 42.2. The van der Waals surface area contributed by atoms with Gasteiger partial charge in [-0.1, -0.05) is 0 Å². The number of benzene rings is 1. The molecular formula is C16H15F3N6. The molecule has 0 amide bonds. The highest BCUT2D eigenvalue weighted by Crippen LogP contribution is 2.31. The van der Waals surface area contributed by atoms with Crippen molar-refractivity contribution in [3.8, 4) is 0 Å². The van der Waals surface area contributed by atoms with E-state index in [4.69, 9.17) is 5.73 Å². The summed E-state index contributed by atoms with van der Waals surface area (Å²) in [6.07, 6.45) is 2.01. The minimum Gasteiger partial charge on any atom is -0.354 e. The highest BCUT2D eigenvalue weighted by atomic mass is 19.2. The van der Waals surface area contributed by atoms with Gasteiger partial charge in [-0.25, -0.2) is 13.2 Å². The molecule has 4 rings (SSSR count). The van der Waals surface area contributed by atoms with Gasteiger partial charge >= 0.3 is 0 Å². The zero-order valence-electron chi connectivity index (χ0n) is 13.1. The standard InChI is InChI=1S/C16H15F3N6/c17-11-6-13(19)12(18)5-10(11)9-3-4-24(7-14(9)20)16-2-1-15-22-21-8-25(15)23-16/h1-2,5-6,8-9,14H,3-4,7,20H2/t9-,14+/m1/s1. The van der Waals surface area contributed by atoms with Crippen molar-refractivity contribution >= 4 is 11.5 Å². The van der Waals surface area contributed by atoms with Crippen LogP contribution in [-0.2, 0) is 0 Å². The molecule has 9 heteroatoms. The van der Waals surface area contributed by atoms with E-state index in [1.165, 1.54) is 6.33 Å². The number of nitrogens with zero attached hydrogens (tertiary/aromatic N) is 5. The minimum absolute atomic E-state index is 0.119. The van der Waals surface area contributed by atoms with Gasteiger partial charge in [-0.05, 0) is 30.2 Å². The Hall–Kier alpha value is -2.68. The smallest absolute Gasteiger partial charge is 0.177 e. The molecule has 0 unspecified atom stereocenters. The Labute approximate surface area is 141 Å². The second-order valence-electron chi connectivity index (χ2n) is 6.12. The summed E-state index contributed by atoms with van der Waals surface area (Å²) in [6.45, 7) is 0.987. The topological polar surface area (TPSA) is 72.3 Å². The molecule has 1 saturated heterocycles. The number of hydrogen-bond acceptors (Lipinski definition) is 5. The predicted octanol–water partition coefficient (Wildman–Crippen LogP) is 1.86. The van der Waals surface area contributed by atoms with Gasteiger partial charge in [0.1, 0.15) is 18.0 Å². The third-order valence-corrected chi connectivity index (χ3v) is 4.57. The lowest BCUT2D eigenvalue weighted by Gasteiger charge is -2.37. The van der Waals surface area contributed by atoms with Gasteiger partial charge < -0.3 is 10.6 Å². The molecule has 0 radical (unpaired) electrons. The molecule has 2 atom stereocenters. The van der Waals surface area contributed by atoms with Crippen molar-refractivity contribution in [2.45, 2.75) is 18.4 Å². The van der Waals surface area contributed by atoms with Crippen LogP contribution in [0.15, 0.2) is 30.6 Å². The molecule has 1 fully saturated rings. The lowest BCUT2D eigenvalue weighted by atomic mass is 9.85. The zero-order chi connectivity index (χ0) is 17.6. The van der Waals surface area contributed by atoms with E-state index in [9.17, 15) is 13.2 Å². The molecule has 2 N–H and O–H groups in total. The third kappa shape index (κ3) is 2.80. The lowest BCUT2D eigenvalue weighted by molar-refractivity contribution is 0.415. The van der Waals surface area contributed by atoms with Gasteiger partial charge in [-0.15, -0.1) is 15.3 Å². The number of rotatable bonds is 2. The van der Waals surface area contributed by atoms with Crippen LogP contribution in [0.5, 0.6) is 0 Å². The molecule has 1 aromatic carbocycles. The Morgan fingerprint density at radius 3 is 2.68 bits per heavy atom. The number of fused-ring (bicyclic) bond motifs is 1. The second kappa shape index (κ2) is 5.99. The number of anilines is 1. The quantitative estimate of drug-likeness (QED) is 0.716. The number of piperidine rings is 1. The van der Waals surface area contributed by atoms with Crippen LogP contribution < -0.4 is 10.6 Å². The number of aromatic nitrogens is 4. The van der Waals surface area contributed by atoms with Crippen LogP contribution in [0, 0.1) is 17.5 Å². The second-order valence-corrected chi connectivity index (χ2v) is 6.12. The van der Waals surface area contributed by atoms with E-state index in [2.05, 4.69) is 15.3 Å². The molecule has 1 aliphatic rings. The molecule has 1 aliphatic heterocycles. The Bertz CT molecular complexity index is 927. The molecule has 0 bridgehead atoms. The van der Waals surface area contributed by atoms with Crippen molar-refractivity contribution in [3.05, 3.63) is 53.6 Å². The van der Waals surface area contributed by atoms with E-state index in [1.54, 1.807) is 10.6 Å². The van der Waals surface area contributed by atoms with Gasteiger partial charge in [-0.2, -0.15) is 4.52 Å². The fraction of sp³-hybridized carbons (Fsp3) is 0.312. The SMILES string of the molecule is N[C@H]1CN(c2ccc3nncn3n2)CC[C@@H]1c1cc(F)c(F)cc1F. The van der Waals surface area contributed by atoms with Gasteiger partial charge in [0, 0.05) is 31.1 Å². The first-order valence-electron chi connectivity index (χ1n) is 7.85. The first-order valence-corrected chi connectivity index (χ1v) is 7.85. The summed E-state index contributed by atoms with van der Waals surface area (Å²) >= 11 is 0. The number of nitrogens with two attached hydrogens (primary N) is 1. The maximum Gasteiger partial charge on any atom is 0.177 e. The van der Waals surface area contributed by atoms with Crippen LogP contribution in [0.1, 0.15) is 17.9 Å². The Balaban J connectivity index is 1.57. The third-order valence-electron chi connectivity index (χ3n) is 4.57. The van der Waals surface area contributed by atoms with E-state index >= 15 is 0 Å². The fourth-order valence-corrected chi connectivity index (χ4v) is 3.29. The van der Waals surface area contributed by atoms with Crippen molar-refractivity contribution in [1.29, 1.82) is 0 Å². The van der Waals surface area contributed by atoms with Crippen LogP contribution in [0.25, 0.3) is 5.65 Å². The predicted molar refractivity (Wildman–Crippen MR) is 84.6 cm³/mol. The summed E-state index contributed by atoms with van der Waals surface area (Å²) in [5.41, 5.74) is 6.95. The molecule has 0 saturated carbocycles. The van der Waals surface area contributed by atoms with Gasteiger partial charge in [0.25, 0.3) is 0 Å². The van der Waals surface area contributed by atoms with Crippen LogP contribution in [0.2, 0.25) is 0 Å². The highest BCUT2D eigenvalue weighted by Gasteiger charge is 2.31. The van der Waals surface area contributed by atoms with Gasteiger partial charge in [-0.3, -0.25) is 0 Å². The Kier molecular flexibility index (Phi) is 3.79. The Morgan fingerprint density at radius 1 is 1.08 bits per heavy atom. The van der Waals surface area contributed by atoms with Crippen LogP contribution >= 0.6 is 0 Å². The van der Waals surface area contributed by atoms with Crippen molar-refractivity contribution in [1.82, 2.24) is 19.8 Å². The average Bonchev–Trinajstić information content (AvgIpc) is 3.06. The first kappa shape index (κ1) is 15.8. The van der Waals surface area contributed by atoms with E-state index < -0.39 is 23.5 Å². The van der Waals surface area contributed by atoms with Gasteiger partial charge in [0.2, 0.25) is 0 Å². The highest BCUT2D eigenvalue weighted by molar-refractivity contribution is 5.46. The maximum absolute atomic E-state index is 14.0. The minimum atomic E-state index is -1.20. The molecule has 25 heavy (non-hydrogen) atoms. The molecule has 3 aromatic rings. The molecule has 3 heterocycles. The monoisotopic (exact) mass is 348 g/mol. The van der Waals surface area contributed by atoms with Gasteiger partial charge in [0.05, 0.1) is 0 Å². The maximum atomic E-state index is 14.0. The summed E-state index contributed by atoms with van der Waals surface area (Å²) in [7, 11) is 0.